The largest absolute Gasteiger partial charge is 0.508 e. The van der Waals surface area contributed by atoms with Crippen LogP contribution in [0.25, 0.3) is 11.0 Å². The molecular formula is C18H17NO3. The monoisotopic (exact) mass is 295 g/mol. The first-order valence-corrected chi connectivity index (χ1v) is 7.17. The molecule has 2 N–H and O–H groups in total. The zero-order chi connectivity index (χ0) is 15.5. The lowest BCUT2D eigenvalue weighted by Gasteiger charge is -2.11. The molecule has 1 unspecified atom stereocenters. The minimum atomic E-state index is -0.197. The van der Waals surface area contributed by atoms with E-state index in [0.717, 1.165) is 22.3 Å². The second-order valence-electron chi connectivity index (χ2n) is 5.32. The van der Waals surface area contributed by atoms with Crippen LogP contribution in [-0.2, 0) is 11.2 Å². The molecule has 3 rings (SSSR count). The SMILES string of the molecule is CC(NC(=O)Cc1ccc(O)cc1)c1cc2ccccc2o1. The Morgan fingerprint density at radius 3 is 2.64 bits per heavy atom. The van der Waals surface area contributed by atoms with Crippen molar-refractivity contribution in [3.8, 4) is 5.75 Å². The zero-order valence-electron chi connectivity index (χ0n) is 12.2. The normalized spacial score (nSPS) is 12.2. The van der Waals surface area contributed by atoms with Crippen LogP contribution in [0.5, 0.6) is 5.75 Å². The molecule has 0 aliphatic heterocycles. The number of aromatic hydroxyl groups is 1. The molecule has 0 aliphatic rings. The number of furan rings is 1. The van der Waals surface area contributed by atoms with E-state index in [1.807, 2.05) is 37.3 Å². The minimum absolute atomic E-state index is 0.0846. The van der Waals surface area contributed by atoms with Gasteiger partial charge < -0.3 is 14.8 Å². The number of amides is 1. The van der Waals surface area contributed by atoms with Crippen molar-refractivity contribution < 1.29 is 14.3 Å². The van der Waals surface area contributed by atoms with E-state index in [-0.39, 0.29) is 24.1 Å². The number of carbonyl (C=O) groups excluding carboxylic acids is 1. The molecule has 0 saturated carbocycles. The third-order valence-corrected chi connectivity index (χ3v) is 3.55. The first kappa shape index (κ1) is 14.2. The van der Waals surface area contributed by atoms with Crippen LogP contribution < -0.4 is 5.32 Å². The van der Waals surface area contributed by atoms with Crippen molar-refractivity contribution >= 4 is 16.9 Å². The van der Waals surface area contributed by atoms with Crippen molar-refractivity contribution in [2.75, 3.05) is 0 Å². The van der Waals surface area contributed by atoms with Crippen molar-refractivity contribution in [1.29, 1.82) is 0 Å². The number of carbonyl (C=O) groups is 1. The van der Waals surface area contributed by atoms with Gasteiger partial charge in [0, 0.05) is 5.39 Å². The fourth-order valence-electron chi connectivity index (χ4n) is 2.38. The predicted molar refractivity (Wildman–Crippen MR) is 84.6 cm³/mol. The lowest BCUT2D eigenvalue weighted by molar-refractivity contribution is -0.121. The summed E-state index contributed by atoms with van der Waals surface area (Å²) in [4.78, 5) is 12.1. The summed E-state index contributed by atoms with van der Waals surface area (Å²) in [6, 6.07) is 16.1. The van der Waals surface area contributed by atoms with Crippen molar-refractivity contribution in [1.82, 2.24) is 5.32 Å². The van der Waals surface area contributed by atoms with E-state index in [2.05, 4.69) is 5.32 Å². The molecule has 1 aromatic heterocycles. The van der Waals surface area contributed by atoms with Crippen molar-refractivity contribution in [3.05, 3.63) is 65.9 Å². The van der Waals surface area contributed by atoms with Gasteiger partial charge in [-0.05, 0) is 36.8 Å². The van der Waals surface area contributed by atoms with Crippen LogP contribution in [-0.4, -0.2) is 11.0 Å². The van der Waals surface area contributed by atoms with Gasteiger partial charge in [-0.2, -0.15) is 0 Å². The number of benzene rings is 2. The Morgan fingerprint density at radius 2 is 1.91 bits per heavy atom. The van der Waals surface area contributed by atoms with Crippen LogP contribution in [0, 0.1) is 0 Å². The highest BCUT2D eigenvalue weighted by Gasteiger charge is 2.14. The summed E-state index contributed by atoms with van der Waals surface area (Å²) in [6.07, 6.45) is 0.269. The topological polar surface area (TPSA) is 62.5 Å². The van der Waals surface area contributed by atoms with Gasteiger partial charge >= 0.3 is 0 Å². The third kappa shape index (κ3) is 3.11. The number of nitrogens with one attached hydrogen (secondary N) is 1. The Bertz CT molecular complexity index is 756. The van der Waals surface area contributed by atoms with E-state index in [4.69, 9.17) is 4.42 Å². The van der Waals surface area contributed by atoms with E-state index in [1.165, 1.54) is 0 Å². The quantitative estimate of drug-likeness (QED) is 0.773. The summed E-state index contributed by atoms with van der Waals surface area (Å²) in [7, 11) is 0. The highest BCUT2D eigenvalue weighted by molar-refractivity contribution is 5.80. The van der Waals surface area contributed by atoms with E-state index in [1.54, 1.807) is 24.3 Å². The van der Waals surface area contributed by atoms with Crippen molar-refractivity contribution in [2.45, 2.75) is 19.4 Å². The van der Waals surface area contributed by atoms with Crippen LogP contribution >= 0.6 is 0 Å². The van der Waals surface area contributed by atoms with E-state index < -0.39 is 0 Å². The molecule has 0 radical (unpaired) electrons. The summed E-state index contributed by atoms with van der Waals surface area (Å²) < 4.78 is 5.75. The fraction of sp³-hybridized carbons (Fsp3) is 0.167. The second kappa shape index (κ2) is 5.93. The Kier molecular flexibility index (Phi) is 3.83. The Hall–Kier alpha value is -2.75. The summed E-state index contributed by atoms with van der Waals surface area (Å²) in [5.74, 6) is 0.846. The molecule has 22 heavy (non-hydrogen) atoms. The van der Waals surface area contributed by atoms with E-state index >= 15 is 0 Å². The van der Waals surface area contributed by atoms with Crippen LogP contribution in [0.4, 0.5) is 0 Å². The average molecular weight is 295 g/mol. The number of phenols is 1. The number of rotatable bonds is 4. The number of phenolic OH excluding ortho intramolecular Hbond substituents is 1. The van der Waals surface area contributed by atoms with Crippen molar-refractivity contribution in [3.63, 3.8) is 0 Å². The molecule has 2 aromatic carbocycles. The number of fused-ring (bicyclic) bond motifs is 1. The predicted octanol–water partition coefficient (Wildman–Crippen LogP) is 3.56. The lowest BCUT2D eigenvalue weighted by atomic mass is 10.1. The number of hydrogen-bond acceptors (Lipinski definition) is 3. The molecule has 0 spiro atoms. The van der Waals surface area contributed by atoms with Gasteiger partial charge in [-0.3, -0.25) is 4.79 Å². The van der Waals surface area contributed by atoms with E-state index in [0.29, 0.717) is 0 Å². The van der Waals surface area contributed by atoms with Crippen LogP contribution in [0.3, 0.4) is 0 Å². The van der Waals surface area contributed by atoms with Crippen LogP contribution in [0.2, 0.25) is 0 Å². The van der Waals surface area contributed by atoms with Gasteiger partial charge in [0.25, 0.3) is 0 Å². The van der Waals surface area contributed by atoms with Gasteiger partial charge in [0.1, 0.15) is 17.1 Å². The maximum absolute atomic E-state index is 12.1. The van der Waals surface area contributed by atoms with Gasteiger partial charge in [-0.15, -0.1) is 0 Å². The van der Waals surface area contributed by atoms with Gasteiger partial charge in [-0.25, -0.2) is 0 Å². The molecule has 112 valence electrons. The summed E-state index contributed by atoms with van der Waals surface area (Å²) in [6.45, 7) is 1.90. The van der Waals surface area contributed by atoms with Crippen LogP contribution in [0.1, 0.15) is 24.3 Å². The van der Waals surface area contributed by atoms with Gasteiger partial charge in [-0.1, -0.05) is 30.3 Å². The molecule has 0 fully saturated rings. The van der Waals surface area contributed by atoms with Gasteiger partial charge in [0.15, 0.2) is 0 Å². The Balaban J connectivity index is 1.66. The molecule has 1 heterocycles. The Labute approximate surface area is 128 Å². The molecule has 4 heteroatoms. The summed E-state index contributed by atoms with van der Waals surface area (Å²) in [5.41, 5.74) is 1.67. The summed E-state index contributed by atoms with van der Waals surface area (Å²) >= 11 is 0. The second-order valence-corrected chi connectivity index (χ2v) is 5.32. The molecule has 3 aromatic rings. The maximum Gasteiger partial charge on any atom is 0.224 e. The lowest BCUT2D eigenvalue weighted by Crippen LogP contribution is -2.27. The average Bonchev–Trinajstić information content (AvgIpc) is 2.93. The van der Waals surface area contributed by atoms with Crippen molar-refractivity contribution in [2.24, 2.45) is 0 Å². The first-order chi connectivity index (χ1) is 10.6. The Morgan fingerprint density at radius 1 is 1.18 bits per heavy atom. The third-order valence-electron chi connectivity index (χ3n) is 3.55. The minimum Gasteiger partial charge on any atom is -0.508 e. The smallest absolute Gasteiger partial charge is 0.224 e. The molecule has 1 amide bonds. The fourth-order valence-corrected chi connectivity index (χ4v) is 2.38. The molecule has 0 bridgehead atoms. The van der Waals surface area contributed by atoms with Crippen LogP contribution in [0.15, 0.2) is 59.0 Å². The molecule has 0 aliphatic carbocycles. The van der Waals surface area contributed by atoms with E-state index in [9.17, 15) is 9.90 Å². The highest BCUT2D eigenvalue weighted by Crippen LogP contribution is 2.23. The maximum atomic E-state index is 12.1. The van der Waals surface area contributed by atoms with Gasteiger partial charge in [0.2, 0.25) is 5.91 Å². The van der Waals surface area contributed by atoms with Gasteiger partial charge in [0.05, 0.1) is 12.5 Å². The number of hydrogen-bond donors (Lipinski definition) is 2. The molecule has 1 atom stereocenters. The zero-order valence-corrected chi connectivity index (χ0v) is 12.2. The highest BCUT2D eigenvalue weighted by atomic mass is 16.3. The molecule has 4 nitrogen and oxygen atoms in total. The summed E-state index contributed by atoms with van der Waals surface area (Å²) in [5, 5.41) is 13.2. The first-order valence-electron chi connectivity index (χ1n) is 7.17. The number of para-hydroxylation sites is 1. The molecular weight excluding hydrogens is 278 g/mol. The standard InChI is InChI=1S/C18H17NO3/c1-12(17-11-14-4-2-3-5-16(14)22-17)19-18(21)10-13-6-8-15(20)9-7-13/h2-9,11-12,20H,10H2,1H3,(H,19,21). The molecule has 0 saturated heterocycles.